The minimum Gasteiger partial charge on any atom is -0.468 e. The van der Waals surface area contributed by atoms with Crippen molar-refractivity contribution in [1.82, 2.24) is 20.1 Å². The lowest BCUT2D eigenvalue weighted by atomic mass is 9.79. The van der Waals surface area contributed by atoms with Gasteiger partial charge >= 0.3 is 12.1 Å². The third-order valence-corrected chi connectivity index (χ3v) is 8.89. The lowest BCUT2D eigenvalue weighted by Crippen LogP contribution is -2.56. The second-order valence-corrected chi connectivity index (χ2v) is 11.2. The van der Waals surface area contributed by atoms with Crippen LogP contribution in [0.2, 0.25) is 0 Å². The Morgan fingerprint density at radius 3 is 2.48 bits per heavy atom. The Labute approximate surface area is 230 Å². The molecule has 2 N–H and O–H groups in total. The molecule has 40 heavy (non-hydrogen) atoms. The quantitative estimate of drug-likeness (QED) is 0.456. The molecule has 2 fully saturated rings. The number of carbonyl (C=O) groups excluding carboxylic acids is 2. The van der Waals surface area contributed by atoms with Gasteiger partial charge in [-0.15, -0.1) is 0 Å². The van der Waals surface area contributed by atoms with Crippen molar-refractivity contribution in [2.24, 2.45) is 0 Å². The van der Waals surface area contributed by atoms with Crippen molar-refractivity contribution < 1.29 is 27.5 Å². The van der Waals surface area contributed by atoms with Crippen LogP contribution in [-0.2, 0) is 26.9 Å². The number of H-pyrrole nitrogens is 1. The van der Waals surface area contributed by atoms with Crippen molar-refractivity contribution in [3.8, 4) is 0 Å². The molecule has 6 rings (SSSR count). The maximum Gasteiger partial charge on any atom is 0.416 e. The van der Waals surface area contributed by atoms with Crippen molar-refractivity contribution in [3.63, 3.8) is 0 Å². The molecule has 2 saturated heterocycles. The average molecular weight is 555 g/mol. The Hall–Kier alpha value is -3.37. The first kappa shape index (κ1) is 26.8. The molecule has 0 bridgehead atoms. The van der Waals surface area contributed by atoms with Gasteiger partial charge in [0.2, 0.25) is 5.91 Å². The summed E-state index contributed by atoms with van der Waals surface area (Å²) >= 11 is 0. The predicted molar refractivity (Wildman–Crippen MR) is 143 cm³/mol. The zero-order valence-corrected chi connectivity index (χ0v) is 22.5. The summed E-state index contributed by atoms with van der Waals surface area (Å²) in [5, 5.41) is 4.10. The molecule has 1 amide bonds. The summed E-state index contributed by atoms with van der Waals surface area (Å²) in [6, 6.07) is 12.5. The molecule has 212 valence electrons. The smallest absolute Gasteiger partial charge is 0.416 e. The highest BCUT2D eigenvalue weighted by atomic mass is 19.4. The molecule has 0 aliphatic carbocycles. The van der Waals surface area contributed by atoms with E-state index in [4.69, 9.17) is 4.74 Å². The van der Waals surface area contributed by atoms with Crippen LogP contribution in [0.5, 0.6) is 0 Å². The van der Waals surface area contributed by atoms with Crippen LogP contribution in [0.15, 0.2) is 48.5 Å². The summed E-state index contributed by atoms with van der Waals surface area (Å²) in [5.74, 6) is -0.400. The molecule has 0 saturated carbocycles. The van der Waals surface area contributed by atoms with E-state index in [1.54, 1.807) is 12.1 Å². The number of alkyl halides is 3. The lowest BCUT2D eigenvalue weighted by molar-refractivity contribution is -0.152. The first-order chi connectivity index (χ1) is 19.1. The highest BCUT2D eigenvalue weighted by Gasteiger charge is 2.49. The van der Waals surface area contributed by atoms with Crippen molar-refractivity contribution in [3.05, 3.63) is 70.9 Å². The molecule has 0 spiro atoms. The van der Waals surface area contributed by atoms with E-state index in [9.17, 15) is 22.8 Å². The number of carbonyl (C=O) groups is 2. The number of rotatable bonds is 4. The number of likely N-dealkylation sites (tertiary alicyclic amines) is 1. The van der Waals surface area contributed by atoms with Crippen LogP contribution in [-0.4, -0.2) is 65.0 Å². The number of ether oxygens (including phenoxy) is 1. The average Bonchev–Trinajstić information content (AvgIpc) is 3.55. The number of para-hydroxylation sites is 1. The Balaban J connectivity index is 1.43. The number of nitrogens with zero attached hydrogens (tertiary/aromatic N) is 2. The van der Waals surface area contributed by atoms with E-state index in [0.29, 0.717) is 12.8 Å². The Morgan fingerprint density at radius 2 is 1.77 bits per heavy atom. The first-order valence-electron chi connectivity index (χ1n) is 13.8. The molecule has 0 radical (unpaired) electrons. The number of methoxy groups -OCH3 is 1. The maximum absolute atomic E-state index is 13.4. The van der Waals surface area contributed by atoms with E-state index in [2.05, 4.69) is 26.2 Å². The van der Waals surface area contributed by atoms with E-state index in [-0.39, 0.29) is 36.0 Å². The second-order valence-electron chi connectivity index (χ2n) is 11.2. The number of nitrogens with one attached hydrogen (secondary N) is 2. The number of esters is 1. The van der Waals surface area contributed by atoms with E-state index >= 15 is 0 Å². The number of benzene rings is 2. The fraction of sp³-hybridized carbons (Fsp3) is 0.467. The monoisotopic (exact) mass is 554 g/mol. The number of aromatic amines is 1. The van der Waals surface area contributed by atoms with Crippen molar-refractivity contribution in [2.75, 3.05) is 20.2 Å². The van der Waals surface area contributed by atoms with Gasteiger partial charge in [-0.3, -0.25) is 19.4 Å². The van der Waals surface area contributed by atoms with Crippen LogP contribution in [0.25, 0.3) is 10.9 Å². The Morgan fingerprint density at radius 1 is 1.05 bits per heavy atom. The molecule has 2 aromatic carbocycles. The van der Waals surface area contributed by atoms with Gasteiger partial charge in [-0.1, -0.05) is 30.3 Å². The number of fused-ring (bicyclic) bond motifs is 5. The molecule has 5 atom stereocenters. The van der Waals surface area contributed by atoms with Gasteiger partial charge in [0.15, 0.2) is 0 Å². The molecule has 3 aliphatic heterocycles. The molecule has 3 aliphatic rings. The number of aromatic nitrogens is 1. The SMILES string of the molecule is COC(=O)[C@@H]1Cc2c([nH]c3ccccc23)[C@@H]2C[C@@H](N3CC[C@H](NC(C)=O)C3)C[C@@H](c3ccc(C(F)(F)F)cc3)N12. The van der Waals surface area contributed by atoms with Gasteiger partial charge in [-0.25, -0.2) is 0 Å². The molecule has 4 heterocycles. The van der Waals surface area contributed by atoms with Crippen LogP contribution in [0, 0.1) is 0 Å². The van der Waals surface area contributed by atoms with Gasteiger partial charge in [0.1, 0.15) is 6.04 Å². The number of hydrogen-bond donors (Lipinski definition) is 2. The van der Waals surface area contributed by atoms with E-state index in [0.717, 1.165) is 65.8 Å². The second kappa shape index (κ2) is 10.2. The fourth-order valence-electron chi connectivity index (χ4n) is 7.16. The Kier molecular flexibility index (Phi) is 6.86. The fourth-order valence-corrected chi connectivity index (χ4v) is 7.16. The van der Waals surface area contributed by atoms with Gasteiger partial charge in [-0.05, 0) is 48.6 Å². The predicted octanol–water partition coefficient (Wildman–Crippen LogP) is 4.74. The molecule has 0 unspecified atom stereocenters. The summed E-state index contributed by atoms with van der Waals surface area (Å²) in [7, 11) is 1.38. The molecular weight excluding hydrogens is 521 g/mol. The molecule has 7 nitrogen and oxygen atoms in total. The summed E-state index contributed by atoms with van der Waals surface area (Å²) in [6.45, 7) is 3.06. The number of hydrogen-bond acceptors (Lipinski definition) is 5. The summed E-state index contributed by atoms with van der Waals surface area (Å²) in [6.07, 6.45) is -1.73. The third kappa shape index (κ3) is 4.77. The van der Waals surface area contributed by atoms with Crippen LogP contribution >= 0.6 is 0 Å². The highest BCUT2D eigenvalue weighted by Crippen LogP contribution is 2.50. The first-order valence-corrected chi connectivity index (χ1v) is 13.8. The minimum atomic E-state index is -4.43. The van der Waals surface area contributed by atoms with Gasteiger partial charge in [0.05, 0.1) is 18.7 Å². The van der Waals surface area contributed by atoms with Gasteiger partial charge in [0.25, 0.3) is 0 Å². The molecular formula is C30H33F3N4O3. The number of halogens is 3. The number of amides is 1. The van der Waals surface area contributed by atoms with Crippen LogP contribution in [0.3, 0.4) is 0 Å². The zero-order valence-electron chi connectivity index (χ0n) is 22.5. The molecule has 1 aromatic heterocycles. The lowest BCUT2D eigenvalue weighted by Gasteiger charge is -2.52. The van der Waals surface area contributed by atoms with E-state index in [1.165, 1.54) is 14.0 Å². The number of piperidine rings is 1. The van der Waals surface area contributed by atoms with Crippen LogP contribution < -0.4 is 5.32 Å². The largest absolute Gasteiger partial charge is 0.468 e. The Bertz CT molecular complexity index is 1420. The summed E-state index contributed by atoms with van der Waals surface area (Å²) in [5.41, 5.74) is 3.20. The normalized spacial score (nSPS) is 27.3. The van der Waals surface area contributed by atoms with Crippen LogP contribution in [0.1, 0.15) is 60.7 Å². The van der Waals surface area contributed by atoms with Gasteiger partial charge in [-0.2, -0.15) is 13.2 Å². The highest BCUT2D eigenvalue weighted by molar-refractivity contribution is 5.87. The summed E-state index contributed by atoms with van der Waals surface area (Å²) < 4.78 is 45.5. The van der Waals surface area contributed by atoms with E-state index in [1.807, 2.05) is 18.2 Å². The van der Waals surface area contributed by atoms with Gasteiger partial charge in [0, 0.05) is 61.2 Å². The maximum atomic E-state index is 13.4. The standard InChI is InChI=1S/C30H33F3N4O3/c1-17(38)34-20-11-12-36(16-20)21-13-25(18-7-9-19(10-8-18)30(31,32)33)37-26(14-21)28-23(15-27(37)29(39)40-2)22-5-3-4-6-24(22)35-28/h3-10,20-21,25-27,35H,11-16H2,1-2H3,(H,34,38)/t20-,21-,25-,26-,27-/m0/s1. The van der Waals surface area contributed by atoms with E-state index < -0.39 is 17.8 Å². The van der Waals surface area contributed by atoms with Gasteiger partial charge < -0.3 is 15.0 Å². The third-order valence-electron chi connectivity index (χ3n) is 8.89. The van der Waals surface area contributed by atoms with Crippen molar-refractivity contribution in [1.29, 1.82) is 0 Å². The van der Waals surface area contributed by atoms with Crippen molar-refractivity contribution in [2.45, 2.75) is 69.0 Å². The topological polar surface area (TPSA) is 77.7 Å². The minimum absolute atomic E-state index is 0.0554. The van der Waals surface area contributed by atoms with Crippen molar-refractivity contribution >= 4 is 22.8 Å². The molecule has 3 aromatic rings. The molecule has 10 heteroatoms. The summed E-state index contributed by atoms with van der Waals surface area (Å²) in [4.78, 5) is 33.1. The zero-order chi connectivity index (χ0) is 28.2. The van der Waals surface area contributed by atoms with Crippen LogP contribution in [0.4, 0.5) is 13.2 Å².